The van der Waals surface area contributed by atoms with Crippen LogP contribution >= 0.6 is 0 Å². The van der Waals surface area contributed by atoms with Gasteiger partial charge in [-0.2, -0.15) is 18.2 Å². The maximum absolute atomic E-state index is 13.0. The van der Waals surface area contributed by atoms with E-state index < -0.39 is 11.9 Å². The van der Waals surface area contributed by atoms with E-state index in [4.69, 9.17) is 19.2 Å². The zero-order valence-electron chi connectivity index (χ0n) is 23.9. The largest absolute Gasteiger partial charge is 0.759 e. The van der Waals surface area contributed by atoms with E-state index >= 15 is 0 Å². The van der Waals surface area contributed by atoms with Crippen molar-refractivity contribution in [1.29, 1.82) is 0 Å². The van der Waals surface area contributed by atoms with E-state index in [-0.39, 0.29) is 30.5 Å². The van der Waals surface area contributed by atoms with Crippen molar-refractivity contribution in [2.24, 2.45) is 7.05 Å². The first-order valence-corrected chi connectivity index (χ1v) is 14.2. The molecule has 0 amide bonds. The van der Waals surface area contributed by atoms with Crippen molar-refractivity contribution in [2.45, 2.75) is 50.6 Å². The number of hydrogen-bond donors (Lipinski definition) is 2. The highest BCUT2D eigenvalue weighted by Crippen LogP contribution is 2.34. The SMILES string of the molecule is Cn1c(COc2cnc3cc(N4CCOCC4)nc(OC4CCC(Nc5cncc(C(F)(F)F)n5)CC4)c3c2)cnc1N[O-]. The highest BCUT2D eigenvalue weighted by molar-refractivity contribution is 5.87. The van der Waals surface area contributed by atoms with E-state index in [1.54, 1.807) is 29.5 Å². The second-order valence-electron chi connectivity index (χ2n) is 10.7. The maximum atomic E-state index is 13.0. The minimum Gasteiger partial charge on any atom is -0.759 e. The van der Waals surface area contributed by atoms with Crippen molar-refractivity contribution >= 4 is 28.5 Å². The Balaban J connectivity index is 1.18. The summed E-state index contributed by atoms with van der Waals surface area (Å²) in [5.41, 5.74) is 2.15. The first-order chi connectivity index (χ1) is 21.3. The number of pyridine rings is 2. The van der Waals surface area contributed by atoms with Gasteiger partial charge >= 0.3 is 6.18 Å². The minimum absolute atomic E-state index is 0.0666. The maximum Gasteiger partial charge on any atom is 0.434 e. The van der Waals surface area contributed by atoms with E-state index in [1.807, 2.05) is 12.1 Å². The van der Waals surface area contributed by atoms with Crippen LogP contribution in [0.1, 0.15) is 37.1 Å². The normalized spacial score (nSPS) is 19.2. The Morgan fingerprint density at radius 1 is 1.02 bits per heavy atom. The van der Waals surface area contributed by atoms with E-state index in [1.165, 1.54) is 6.20 Å². The number of hydrogen-bond acceptors (Lipinski definition) is 12. The van der Waals surface area contributed by atoms with Crippen molar-refractivity contribution in [1.82, 2.24) is 29.5 Å². The van der Waals surface area contributed by atoms with Gasteiger partial charge in [-0.05, 0) is 31.7 Å². The van der Waals surface area contributed by atoms with Crippen LogP contribution in [-0.4, -0.2) is 67.9 Å². The number of aromatic nitrogens is 6. The van der Waals surface area contributed by atoms with Crippen LogP contribution in [0.25, 0.3) is 10.9 Å². The molecule has 44 heavy (non-hydrogen) atoms. The molecule has 6 rings (SSSR count). The summed E-state index contributed by atoms with van der Waals surface area (Å²) in [6.45, 7) is 2.75. The molecule has 1 saturated heterocycles. The van der Waals surface area contributed by atoms with Crippen LogP contribution in [0, 0.1) is 5.21 Å². The fourth-order valence-corrected chi connectivity index (χ4v) is 5.28. The molecule has 4 aromatic rings. The molecule has 0 bridgehead atoms. The molecule has 13 nitrogen and oxygen atoms in total. The van der Waals surface area contributed by atoms with Crippen molar-refractivity contribution in [3.63, 3.8) is 0 Å². The summed E-state index contributed by atoms with van der Waals surface area (Å²) in [6, 6.07) is 3.68. The van der Waals surface area contributed by atoms with Crippen molar-refractivity contribution < 1.29 is 27.4 Å². The highest BCUT2D eigenvalue weighted by Gasteiger charge is 2.33. The van der Waals surface area contributed by atoms with Gasteiger partial charge in [-0.1, -0.05) is 0 Å². The van der Waals surface area contributed by atoms with Gasteiger partial charge in [0.05, 0.1) is 54.6 Å². The topological polar surface area (TPSA) is 147 Å². The number of anilines is 3. The molecule has 0 atom stereocenters. The molecule has 0 unspecified atom stereocenters. The molecular formula is C28H31F3N9O4-. The third-order valence-electron chi connectivity index (χ3n) is 7.73. The monoisotopic (exact) mass is 614 g/mol. The lowest BCUT2D eigenvalue weighted by molar-refractivity contribution is -0.141. The quantitative estimate of drug-likeness (QED) is 0.259. The van der Waals surface area contributed by atoms with E-state index in [2.05, 4.69) is 30.2 Å². The second-order valence-corrected chi connectivity index (χ2v) is 10.7. The predicted molar refractivity (Wildman–Crippen MR) is 154 cm³/mol. The third-order valence-corrected chi connectivity index (χ3v) is 7.73. The molecule has 0 radical (unpaired) electrons. The van der Waals surface area contributed by atoms with Crippen LogP contribution < -0.4 is 25.2 Å². The van der Waals surface area contributed by atoms with Gasteiger partial charge in [-0.15, -0.1) is 0 Å². The van der Waals surface area contributed by atoms with Crippen LogP contribution in [0.15, 0.2) is 36.9 Å². The molecule has 0 spiro atoms. The lowest BCUT2D eigenvalue weighted by atomic mass is 9.93. The standard InChI is InChI=1S/C28H31F3N9O4/c1-39-18(12-34-27(39)38-41)16-43-20-10-21-22(33-13-20)11-25(40-6-8-42-9-7-40)37-26(21)44-19-4-2-17(3-5-19)35-24-15-32-14-23(36-24)28(29,30)31/h10-15,17,19H,2-9,16H2,1H3,(H2-,34,35,36,38,41)/q-1. The molecule has 2 fully saturated rings. The Morgan fingerprint density at radius 2 is 1.82 bits per heavy atom. The van der Waals surface area contributed by atoms with Crippen LogP contribution in [0.2, 0.25) is 0 Å². The molecule has 5 heterocycles. The fraction of sp³-hybridized carbons (Fsp3) is 0.464. The summed E-state index contributed by atoms with van der Waals surface area (Å²) >= 11 is 0. The molecule has 2 N–H and O–H groups in total. The Labute approximate surface area is 250 Å². The summed E-state index contributed by atoms with van der Waals surface area (Å²) in [5, 5.41) is 14.8. The van der Waals surface area contributed by atoms with Crippen LogP contribution in [0.3, 0.4) is 0 Å². The van der Waals surface area contributed by atoms with Crippen LogP contribution in [0.5, 0.6) is 11.6 Å². The van der Waals surface area contributed by atoms with Crippen LogP contribution in [-0.2, 0) is 24.6 Å². The average Bonchev–Trinajstić information content (AvgIpc) is 3.40. The average molecular weight is 615 g/mol. The molecule has 234 valence electrons. The molecule has 16 heteroatoms. The van der Waals surface area contributed by atoms with Gasteiger partial charge < -0.3 is 39.7 Å². The number of morpholine rings is 1. The summed E-state index contributed by atoms with van der Waals surface area (Å²) in [7, 11) is 1.71. The molecule has 2 aliphatic rings. The van der Waals surface area contributed by atoms with Gasteiger partial charge in [0.1, 0.15) is 30.1 Å². The number of fused-ring (bicyclic) bond motifs is 1. The van der Waals surface area contributed by atoms with Crippen molar-refractivity contribution in [2.75, 3.05) is 42.0 Å². The third kappa shape index (κ3) is 6.70. The zero-order chi connectivity index (χ0) is 30.7. The van der Waals surface area contributed by atoms with E-state index in [9.17, 15) is 18.4 Å². The zero-order valence-corrected chi connectivity index (χ0v) is 23.9. The summed E-state index contributed by atoms with van der Waals surface area (Å²) in [6.07, 6.45) is 3.14. The number of imidazole rings is 1. The highest BCUT2D eigenvalue weighted by atomic mass is 19.4. The Bertz CT molecular complexity index is 1590. The summed E-state index contributed by atoms with van der Waals surface area (Å²) in [5.74, 6) is 1.95. The minimum atomic E-state index is -4.56. The number of halogens is 3. The number of rotatable bonds is 9. The number of nitrogens with zero attached hydrogens (tertiary/aromatic N) is 7. The molecule has 1 saturated carbocycles. The van der Waals surface area contributed by atoms with Gasteiger partial charge in [-0.3, -0.25) is 9.97 Å². The molecule has 4 aromatic heterocycles. The lowest BCUT2D eigenvalue weighted by Gasteiger charge is -2.31. The molecule has 1 aliphatic carbocycles. The Morgan fingerprint density at radius 3 is 2.55 bits per heavy atom. The van der Waals surface area contributed by atoms with Gasteiger partial charge in [0.2, 0.25) is 5.88 Å². The Kier molecular flexibility index (Phi) is 8.52. The number of alkyl halides is 3. The van der Waals surface area contributed by atoms with Crippen molar-refractivity contribution in [3.8, 4) is 11.6 Å². The second kappa shape index (κ2) is 12.7. The molecular weight excluding hydrogens is 583 g/mol. The van der Waals surface area contributed by atoms with Gasteiger partial charge in [-0.25, -0.2) is 9.97 Å². The predicted octanol–water partition coefficient (Wildman–Crippen LogP) is 4.30. The molecule has 1 aliphatic heterocycles. The van der Waals surface area contributed by atoms with Crippen LogP contribution in [0.4, 0.5) is 30.8 Å². The first kappa shape index (κ1) is 29.6. The number of ether oxygens (including phenoxy) is 3. The van der Waals surface area contributed by atoms with E-state index in [0.717, 1.165) is 5.82 Å². The van der Waals surface area contributed by atoms with E-state index in [0.29, 0.717) is 86.4 Å². The van der Waals surface area contributed by atoms with Gasteiger partial charge in [0.25, 0.3) is 0 Å². The van der Waals surface area contributed by atoms with Crippen molar-refractivity contribution in [3.05, 3.63) is 53.5 Å². The summed E-state index contributed by atoms with van der Waals surface area (Å²) < 4.78 is 58.7. The van der Waals surface area contributed by atoms with Gasteiger partial charge in [0, 0.05) is 32.2 Å². The van der Waals surface area contributed by atoms with Gasteiger partial charge in [0.15, 0.2) is 11.6 Å². The molecule has 0 aromatic carbocycles. The number of nitrogens with one attached hydrogen (secondary N) is 2. The fourth-order valence-electron chi connectivity index (χ4n) is 5.28. The lowest BCUT2D eigenvalue weighted by Crippen LogP contribution is -2.37. The Hall–Kier alpha value is -4.44. The first-order valence-electron chi connectivity index (χ1n) is 14.2. The smallest absolute Gasteiger partial charge is 0.434 e. The summed E-state index contributed by atoms with van der Waals surface area (Å²) in [4.78, 5) is 23.0.